The average molecular weight is 595 g/mol. The van der Waals surface area contributed by atoms with Gasteiger partial charge in [0.05, 0.1) is 22.8 Å². The van der Waals surface area contributed by atoms with E-state index in [1.807, 2.05) is 121 Å². The molecule has 0 amide bonds. The molecule has 0 saturated heterocycles. The smallest absolute Gasteiger partial charge is 0.124 e. The topological polar surface area (TPSA) is 97.8 Å². The van der Waals surface area contributed by atoms with Crippen LogP contribution in [-0.2, 0) is 0 Å². The third kappa shape index (κ3) is 4.27. The maximum absolute atomic E-state index is 11.6. The highest BCUT2D eigenvalue weighted by molar-refractivity contribution is 6.16. The lowest BCUT2D eigenvalue weighted by Crippen LogP contribution is -1.88. The van der Waals surface area contributed by atoms with Gasteiger partial charge in [-0.15, -0.1) is 0 Å². The number of rotatable bonds is 2. The van der Waals surface area contributed by atoms with Gasteiger partial charge in [-0.25, -0.2) is 9.97 Å². The van der Waals surface area contributed by atoms with E-state index in [0.717, 1.165) is 77.5 Å². The van der Waals surface area contributed by atoms with Crippen molar-refractivity contribution >= 4 is 67.9 Å². The molecule has 0 spiro atoms. The molecule has 3 aromatic heterocycles. The summed E-state index contributed by atoms with van der Waals surface area (Å²) in [7, 11) is 0. The molecule has 0 aliphatic carbocycles. The van der Waals surface area contributed by atoms with Crippen molar-refractivity contribution in [3.63, 3.8) is 0 Å². The van der Waals surface area contributed by atoms with Crippen LogP contribution in [0.2, 0.25) is 0 Å². The molecule has 6 nitrogen and oxygen atoms in total. The van der Waals surface area contributed by atoms with Crippen LogP contribution < -0.4 is 0 Å². The monoisotopic (exact) mass is 594 g/mol. The summed E-state index contributed by atoms with van der Waals surface area (Å²) in [5, 5.41) is 27.0. The van der Waals surface area contributed by atoms with E-state index in [0.29, 0.717) is 11.1 Å². The molecule has 7 aromatic rings. The van der Waals surface area contributed by atoms with Crippen molar-refractivity contribution in [2.75, 3.05) is 0 Å². The quantitative estimate of drug-likeness (QED) is 0.160. The maximum Gasteiger partial charge on any atom is 0.124 e. The number of phenols is 2. The van der Waals surface area contributed by atoms with E-state index in [4.69, 9.17) is 9.97 Å². The van der Waals surface area contributed by atoms with Crippen molar-refractivity contribution in [3.8, 4) is 33.8 Å². The number of hydrogen-bond acceptors (Lipinski definition) is 4. The molecule has 46 heavy (non-hydrogen) atoms. The van der Waals surface area contributed by atoms with Crippen LogP contribution in [0.5, 0.6) is 11.5 Å². The highest BCUT2D eigenvalue weighted by Crippen LogP contribution is 2.49. The lowest BCUT2D eigenvalue weighted by atomic mass is 9.89. The van der Waals surface area contributed by atoms with Crippen LogP contribution in [0, 0.1) is 0 Å². The van der Waals surface area contributed by atoms with Crippen molar-refractivity contribution in [1.82, 2.24) is 19.9 Å². The summed E-state index contributed by atoms with van der Waals surface area (Å²) in [6.07, 6.45) is 7.94. The number of aromatic hydroxyl groups is 2. The fourth-order valence-electron chi connectivity index (χ4n) is 6.64. The molecule has 218 valence electrons. The van der Waals surface area contributed by atoms with E-state index >= 15 is 0 Å². The van der Waals surface area contributed by atoms with Gasteiger partial charge in [-0.1, -0.05) is 60.7 Å². The molecule has 8 bridgehead atoms. The highest BCUT2D eigenvalue weighted by atomic mass is 16.3. The minimum Gasteiger partial charge on any atom is -0.507 e. The van der Waals surface area contributed by atoms with Crippen LogP contribution in [-0.4, -0.2) is 30.1 Å². The van der Waals surface area contributed by atoms with E-state index in [1.54, 1.807) is 12.1 Å². The van der Waals surface area contributed by atoms with Gasteiger partial charge in [0.1, 0.15) is 11.5 Å². The van der Waals surface area contributed by atoms with Crippen LogP contribution >= 0.6 is 0 Å². The molecule has 0 unspecified atom stereocenters. The van der Waals surface area contributed by atoms with Gasteiger partial charge in [0, 0.05) is 44.3 Å². The van der Waals surface area contributed by atoms with Crippen molar-refractivity contribution in [2.45, 2.75) is 0 Å². The fraction of sp³-hybridized carbons (Fsp3) is 0. The molecule has 9 rings (SSSR count). The predicted octanol–water partition coefficient (Wildman–Crippen LogP) is 9.71. The summed E-state index contributed by atoms with van der Waals surface area (Å²) >= 11 is 0. The first-order valence-electron chi connectivity index (χ1n) is 15.1. The molecular weight excluding hydrogens is 568 g/mol. The second-order valence-electron chi connectivity index (χ2n) is 11.6. The Kier molecular flexibility index (Phi) is 5.70. The Balaban J connectivity index is 1.52. The number of nitrogens with one attached hydrogen (secondary N) is 2. The van der Waals surface area contributed by atoms with Gasteiger partial charge >= 0.3 is 0 Å². The zero-order valence-electron chi connectivity index (χ0n) is 24.5. The molecule has 4 aromatic carbocycles. The van der Waals surface area contributed by atoms with E-state index < -0.39 is 0 Å². The lowest BCUT2D eigenvalue weighted by molar-refractivity contribution is 0.477. The van der Waals surface area contributed by atoms with Crippen LogP contribution in [0.25, 0.3) is 90.2 Å². The van der Waals surface area contributed by atoms with Gasteiger partial charge in [-0.2, -0.15) is 0 Å². The number of phenolic OH excluding ortho intramolecular Hbond substituents is 2. The zero-order chi connectivity index (χ0) is 30.8. The molecule has 2 aliphatic rings. The van der Waals surface area contributed by atoms with Crippen molar-refractivity contribution in [3.05, 3.63) is 132 Å². The third-order valence-electron chi connectivity index (χ3n) is 8.66. The molecular formula is C40H26N4O2. The van der Waals surface area contributed by atoms with Crippen LogP contribution in [0.15, 0.2) is 109 Å². The van der Waals surface area contributed by atoms with E-state index in [2.05, 4.69) is 9.97 Å². The summed E-state index contributed by atoms with van der Waals surface area (Å²) in [4.78, 5) is 16.9. The Labute approximate surface area is 263 Å². The highest BCUT2D eigenvalue weighted by Gasteiger charge is 2.24. The molecule has 2 aliphatic heterocycles. The summed E-state index contributed by atoms with van der Waals surface area (Å²) in [5.74, 6) is 0.279. The first kappa shape index (κ1) is 26.0. The summed E-state index contributed by atoms with van der Waals surface area (Å²) in [6.45, 7) is 0. The Morgan fingerprint density at radius 2 is 0.848 bits per heavy atom. The number of fused-ring (bicyclic) bond motifs is 10. The first-order chi connectivity index (χ1) is 22.6. The van der Waals surface area contributed by atoms with Gasteiger partial charge in [-0.3, -0.25) is 0 Å². The minimum atomic E-state index is 0.140. The van der Waals surface area contributed by atoms with Crippen molar-refractivity contribution in [2.24, 2.45) is 0 Å². The predicted molar refractivity (Wildman–Crippen MR) is 188 cm³/mol. The van der Waals surface area contributed by atoms with Gasteiger partial charge in [0.15, 0.2) is 0 Å². The molecule has 0 radical (unpaired) electrons. The third-order valence-corrected chi connectivity index (χ3v) is 8.66. The molecule has 4 N–H and O–H groups in total. The van der Waals surface area contributed by atoms with Crippen molar-refractivity contribution in [1.29, 1.82) is 0 Å². The van der Waals surface area contributed by atoms with Gasteiger partial charge in [0.2, 0.25) is 0 Å². The number of aromatic nitrogens is 4. The molecule has 0 fully saturated rings. The number of aromatic amines is 2. The molecule has 0 atom stereocenters. The Bertz CT molecular complexity index is 2450. The normalized spacial score (nSPS) is 12.3. The number of H-pyrrole nitrogens is 2. The largest absolute Gasteiger partial charge is 0.507 e. The zero-order valence-corrected chi connectivity index (χ0v) is 24.5. The number of benzene rings is 4. The van der Waals surface area contributed by atoms with Gasteiger partial charge < -0.3 is 20.2 Å². The summed E-state index contributed by atoms with van der Waals surface area (Å²) in [5.41, 5.74) is 9.39. The molecule has 5 heterocycles. The Morgan fingerprint density at radius 1 is 0.413 bits per heavy atom. The van der Waals surface area contributed by atoms with Gasteiger partial charge in [0.25, 0.3) is 0 Å². The van der Waals surface area contributed by atoms with E-state index in [9.17, 15) is 10.2 Å². The molecule has 6 heteroatoms. The fourth-order valence-corrected chi connectivity index (χ4v) is 6.64. The maximum atomic E-state index is 11.6. The van der Waals surface area contributed by atoms with Crippen LogP contribution in [0.1, 0.15) is 22.8 Å². The average Bonchev–Trinajstić information content (AvgIpc) is 3.87. The van der Waals surface area contributed by atoms with E-state index in [1.165, 1.54) is 0 Å². The van der Waals surface area contributed by atoms with E-state index in [-0.39, 0.29) is 11.5 Å². The molecule has 0 saturated carbocycles. The summed E-state index contributed by atoms with van der Waals surface area (Å²) < 4.78 is 0. The number of nitrogens with zero attached hydrogens (tertiary/aromatic N) is 2. The summed E-state index contributed by atoms with van der Waals surface area (Å²) in [6, 6.07) is 35.4. The van der Waals surface area contributed by atoms with Crippen LogP contribution in [0.3, 0.4) is 0 Å². The minimum absolute atomic E-state index is 0.140. The number of hydrogen-bond donors (Lipinski definition) is 4. The second kappa shape index (κ2) is 10.1. The SMILES string of the molecule is Oc1ccc2ccccc2c1-c1c(-c2c(O)ccc3ccccc23)c2cc3nc(cc4ccc(cc5nc(cc1[nH]2)C=C5)[nH]4)C=C3. The van der Waals surface area contributed by atoms with Gasteiger partial charge in [-0.05, 0) is 94.4 Å². The second-order valence-corrected chi connectivity index (χ2v) is 11.6. The lowest BCUT2D eigenvalue weighted by Gasteiger charge is -2.14. The standard InChI is InChI=1S/C40H26N4O2/c45-35-17-9-23-5-1-3-7-31(23)37(35)39-33-21-29-15-13-27(42-29)19-25-11-12-26(41-25)20-28-14-16-30(43-28)22-34(44-33)40(39)38-32-8-4-2-6-24(32)10-18-36(38)46/h1-22,41,44-46H. The van der Waals surface area contributed by atoms with Crippen molar-refractivity contribution < 1.29 is 10.2 Å². The van der Waals surface area contributed by atoms with Crippen LogP contribution in [0.4, 0.5) is 0 Å². The Morgan fingerprint density at radius 3 is 1.33 bits per heavy atom. The first-order valence-corrected chi connectivity index (χ1v) is 15.1. The Hall–Kier alpha value is -6.40.